The molecule has 0 aliphatic heterocycles. The molecule has 0 spiro atoms. The summed E-state index contributed by atoms with van der Waals surface area (Å²) in [6.07, 6.45) is 3.05. The summed E-state index contributed by atoms with van der Waals surface area (Å²) in [5.74, 6) is 0.0743. The summed E-state index contributed by atoms with van der Waals surface area (Å²) >= 11 is 7.33. The largest absolute Gasteiger partial charge is 0.508 e. The van der Waals surface area contributed by atoms with Crippen LogP contribution in [0, 0.1) is 0 Å². The Bertz CT molecular complexity index is 1120. The fourth-order valence-corrected chi connectivity index (χ4v) is 5.15. The number of hydrogen-bond donors (Lipinski definition) is 1. The molecule has 0 radical (unpaired) electrons. The van der Waals surface area contributed by atoms with Gasteiger partial charge in [0.15, 0.2) is 10.1 Å². The zero-order valence-corrected chi connectivity index (χ0v) is 13.2. The lowest BCUT2D eigenvalue weighted by Crippen LogP contribution is -2.14. The SMILES string of the molecule is O=S(=O)(c1c(Cl)nc2sccn12)n1ccc2cc(O)ccc21. The monoisotopic (exact) mass is 353 g/mol. The van der Waals surface area contributed by atoms with Gasteiger partial charge in [-0.1, -0.05) is 11.6 Å². The van der Waals surface area contributed by atoms with Crippen LogP contribution >= 0.6 is 22.9 Å². The molecule has 0 atom stereocenters. The number of halogens is 1. The van der Waals surface area contributed by atoms with Crippen LogP contribution in [0.4, 0.5) is 0 Å². The van der Waals surface area contributed by atoms with Crippen molar-refractivity contribution in [1.82, 2.24) is 13.4 Å². The fraction of sp³-hybridized carbons (Fsp3) is 0. The van der Waals surface area contributed by atoms with Crippen molar-refractivity contribution in [3.63, 3.8) is 0 Å². The predicted octanol–water partition coefficient (Wildman–Crippen LogP) is 2.95. The summed E-state index contributed by atoms with van der Waals surface area (Å²) < 4.78 is 28.5. The first-order valence-corrected chi connectivity index (χ1v) is 8.85. The van der Waals surface area contributed by atoms with Crippen LogP contribution in [0.3, 0.4) is 0 Å². The molecule has 0 unspecified atom stereocenters. The zero-order valence-electron chi connectivity index (χ0n) is 10.8. The number of aromatic nitrogens is 3. The maximum absolute atomic E-state index is 12.9. The van der Waals surface area contributed by atoms with Crippen molar-refractivity contribution in [3.05, 3.63) is 47.2 Å². The van der Waals surface area contributed by atoms with Gasteiger partial charge in [0.1, 0.15) is 5.75 Å². The van der Waals surface area contributed by atoms with Crippen LogP contribution in [-0.2, 0) is 10.0 Å². The molecule has 4 aromatic rings. The number of fused-ring (bicyclic) bond motifs is 2. The Morgan fingerprint density at radius 2 is 2.05 bits per heavy atom. The highest BCUT2D eigenvalue weighted by molar-refractivity contribution is 7.90. The summed E-state index contributed by atoms with van der Waals surface area (Å²) in [4.78, 5) is 4.57. The van der Waals surface area contributed by atoms with Crippen molar-refractivity contribution in [3.8, 4) is 5.75 Å². The number of hydrogen-bond acceptors (Lipinski definition) is 5. The van der Waals surface area contributed by atoms with Gasteiger partial charge in [0.2, 0.25) is 5.03 Å². The molecule has 1 aromatic carbocycles. The maximum atomic E-state index is 12.9. The first-order chi connectivity index (χ1) is 10.5. The van der Waals surface area contributed by atoms with Gasteiger partial charge in [-0.05, 0) is 24.3 Å². The highest BCUT2D eigenvalue weighted by Crippen LogP contribution is 2.30. The van der Waals surface area contributed by atoms with Crippen LogP contribution in [0.15, 0.2) is 47.1 Å². The first-order valence-electron chi connectivity index (χ1n) is 6.15. The van der Waals surface area contributed by atoms with Gasteiger partial charge in [-0.15, -0.1) is 11.3 Å². The number of phenols is 1. The zero-order chi connectivity index (χ0) is 15.5. The number of benzene rings is 1. The van der Waals surface area contributed by atoms with E-state index in [0.717, 1.165) is 3.97 Å². The minimum absolute atomic E-state index is 0.0625. The van der Waals surface area contributed by atoms with Crippen LogP contribution in [0.1, 0.15) is 0 Å². The molecule has 0 aliphatic carbocycles. The van der Waals surface area contributed by atoms with Gasteiger partial charge < -0.3 is 5.11 Å². The topological polar surface area (TPSA) is 76.6 Å². The van der Waals surface area contributed by atoms with Gasteiger partial charge in [-0.3, -0.25) is 4.40 Å². The molecule has 0 bridgehead atoms. The maximum Gasteiger partial charge on any atom is 0.287 e. The second-order valence-electron chi connectivity index (χ2n) is 4.62. The van der Waals surface area contributed by atoms with Crippen LogP contribution in [0.2, 0.25) is 5.15 Å². The van der Waals surface area contributed by atoms with Crippen molar-refractivity contribution in [1.29, 1.82) is 0 Å². The molecular weight excluding hydrogens is 346 g/mol. The lowest BCUT2D eigenvalue weighted by atomic mass is 10.2. The Labute approximate surface area is 133 Å². The fourth-order valence-electron chi connectivity index (χ4n) is 2.38. The van der Waals surface area contributed by atoms with Crippen molar-refractivity contribution in [2.75, 3.05) is 0 Å². The van der Waals surface area contributed by atoms with Crippen LogP contribution in [0.5, 0.6) is 5.75 Å². The average molecular weight is 354 g/mol. The Morgan fingerprint density at radius 3 is 2.86 bits per heavy atom. The van der Waals surface area contributed by atoms with E-state index in [4.69, 9.17) is 11.6 Å². The number of phenolic OH excluding ortho intramolecular Hbond substituents is 1. The predicted molar refractivity (Wildman–Crippen MR) is 84.3 cm³/mol. The van der Waals surface area contributed by atoms with Gasteiger partial charge >= 0.3 is 0 Å². The van der Waals surface area contributed by atoms with Crippen molar-refractivity contribution in [2.24, 2.45) is 0 Å². The Kier molecular flexibility index (Phi) is 2.77. The molecular formula is C13H8ClN3O3S2. The van der Waals surface area contributed by atoms with Crippen molar-refractivity contribution >= 4 is 48.8 Å². The standard InChI is InChI=1S/C13H8ClN3O3S2/c14-11-12(16-5-6-21-13(16)15-11)22(19,20)17-4-3-8-7-9(18)1-2-10(8)17/h1-7,18H. The Balaban J connectivity index is 2.04. The van der Waals surface area contributed by atoms with E-state index in [2.05, 4.69) is 4.98 Å². The van der Waals surface area contributed by atoms with Gasteiger partial charge in [-0.25, -0.2) is 8.96 Å². The van der Waals surface area contributed by atoms with E-state index in [0.29, 0.717) is 15.9 Å². The van der Waals surface area contributed by atoms with Crippen molar-refractivity contribution in [2.45, 2.75) is 5.03 Å². The van der Waals surface area contributed by atoms with Gasteiger partial charge in [0, 0.05) is 23.2 Å². The summed E-state index contributed by atoms with van der Waals surface area (Å²) in [6.45, 7) is 0. The molecule has 3 aromatic heterocycles. The number of rotatable bonds is 2. The Hall–Kier alpha value is -2.03. The molecule has 3 heterocycles. The highest BCUT2D eigenvalue weighted by Gasteiger charge is 2.27. The molecule has 0 amide bonds. The minimum Gasteiger partial charge on any atom is -0.508 e. The summed E-state index contributed by atoms with van der Waals surface area (Å²) in [7, 11) is -3.91. The molecule has 0 aliphatic rings. The van der Waals surface area contributed by atoms with Crippen LogP contribution in [-0.4, -0.2) is 26.9 Å². The molecule has 22 heavy (non-hydrogen) atoms. The molecule has 112 valence electrons. The van der Waals surface area contributed by atoms with Crippen LogP contribution in [0.25, 0.3) is 15.9 Å². The molecule has 0 saturated heterocycles. The van der Waals surface area contributed by atoms with Crippen LogP contribution < -0.4 is 0 Å². The molecule has 0 fully saturated rings. The lowest BCUT2D eigenvalue weighted by Gasteiger charge is -2.07. The third-order valence-electron chi connectivity index (χ3n) is 3.32. The second kappa shape index (κ2) is 4.48. The summed E-state index contributed by atoms with van der Waals surface area (Å²) in [5.41, 5.74) is 0.457. The third kappa shape index (κ3) is 1.78. The number of imidazole rings is 1. The van der Waals surface area contributed by atoms with Gasteiger partial charge in [0.05, 0.1) is 5.52 Å². The molecule has 0 saturated carbocycles. The van der Waals surface area contributed by atoms with E-state index >= 15 is 0 Å². The van der Waals surface area contributed by atoms with E-state index in [9.17, 15) is 13.5 Å². The lowest BCUT2D eigenvalue weighted by molar-refractivity contribution is 0.476. The third-order valence-corrected chi connectivity index (χ3v) is 6.17. The normalized spacial score (nSPS) is 12.4. The second-order valence-corrected chi connectivity index (χ2v) is 7.58. The molecule has 4 rings (SSSR count). The average Bonchev–Trinajstić information content (AvgIpc) is 3.10. The summed E-state index contributed by atoms with van der Waals surface area (Å²) in [6, 6.07) is 6.10. The highest BCUT2D eigenvalue weighted by atomic mass is 35.5. The quantitative estimate of drug-likeness (QED) is 0.601. The first kappa shape index (κ1) is 13.6. The van der Waals surface area contributed by atoms with E-state index in [1.807, 2.05) is 0 Å². The van der Waals surface area contributed by atoms with Crippen molar-refractivity contribution < 1.29 is 13.5 Å². The molecule has 6 nitrogen and oxygen atoms in total. The van der Waals surface area contributed by atoms with E-state index < -0.39 is 10.0 Å². The summed E-state index contributed by atoms with van der Waals surface area (Å²) in [5, 5.41) is 11.7. The van der Waals surface area contributed by atoms with E-state index in [1.165, 1.54) is 34.1 Å². The number of nitrogens with zero attached hydrogens (tertiary/aromatic N) is 3. The smallest absolute Gasteiger partial charge is 0.287 e. The molecule has 1 N–H and O–H groups in total. The number of thiazole rings is 1. The minimum atomic E-state index is -3.91. The van der Waals surface area contributed by atoms with Gasteiger partial charge in [-0.2, -0.15) is 8.42 Å². The Morgan fingerprint density at radius 1 is 1.23 bits per heavy atom. The van der Waals surface area contributed by atoms with Gasteiger partial charge in [0.25, 0.3) is 10.0 Å². The van der Waals surface area contributed by atoms with E-state index in [1.54, 1.807) is 23.7 Å². The molecule has 9 heteroatoms. The van der Waals surface area contributed by atoms with E-state index in [-0.39, 0.29) is 15.9 Å². The number of aromatic hydroxyl groups is 1.